The van der Waals surface area contributed by atoms with E-state index in [1.165, 1.54) is 48.5 Å². The largest absolute Gasteiger partial charge is 0.423 e. The number of rotatable bonds is 13. The van der Waals surface area contributed by atoms with Crippen molar-refractivity contribution in [3.63, 3.8) is 0 Å². The van der Waals surface area contributed by atoms with Crippen LogP contribution in [0.25, 0.3) is 54.2 Å². The maximum Gasteiger partial charge on any atom is 0.343 e. The first-order chi connectivity index (χ1) is 36.7. The topological polar surface area (TPSA) is 158 Å². The van der Waals surface area contributed by atoms with Crippen LogP contribution in [0.2, 0.25) is 0 Å². The van der Waals surface area contributed by atoms with Crippen LogP contribution >= 0.6 is 0 Å². The molecule has 10 aromatic rings. The first-order valence-corrected chi connectivity index (χ1v) is 23.7. The lowest BCUT2D eigenvalue weighted by Gasteiger charge is -2.19. The van der Waals surface area contributed by atoms with Crippen molar-refractivity contribution < 1.29 is 57.2 Å². The van der Waals surface area contributed by atoms with Gasteiger partial charge in [0, 0.05) is 22.3 Å². The molecule has 0 N–H and O–H groups in total. The van der Waals surface area contributed by atoms with Crippen LogP contribution in [-0.4, -0.2) is 35.8 Å². The molecule has 10 aromatic carbocycles. The van der Waals surface area contributed by atoms with Crippen molar-refractivity contribution in [2.75, 3.05) is 0 Å². The van der Waals surface area contributed by atoms with Gasteiger partial charge in [-0.2, -0.15) is 0 Å². The minimum absolute atomic E-state index is 0.169. The van der Waals surface area contributed by atoms with Gasteiger partial charge >= 0.3 is 35.8 Å². The molecular formula is C64H42O12. The Morgan fingerprint density at radius 2 is 0.618 bits per heavy atom. The van der Waals surface area contributed by atoms with Gasteiger partial charge in [0.25, 0.3) is 0 Å². The Kier molecular flexibility index (Phi) is 13.5. The molecule has 0 aliphatic heterocycles. The zero-order valence-corrected chi connectivity index (χ0v) is 40.8. The van der Waals surface area contributed by atoms with E-state index in [9.17, 15) is 28.8 Å². The number of carbonyl (C=O) groups excluding carboxylic acids is 6. The fourth-order valence-electron chi connectivity index (χ4n) is 8.37. The predicted molar refractivity (Wildman–Crippen MR) is 288 cm³/mol. The van der Waals surface area contributed by atoms with Crippen LogP contribution in [0.4, 0.5) is 0 Å². The van der Waals surface area contributed by atoms with Gasteiger partial charge in [0.2, 0.25) is 0 Å². The zero-order valence-electron chi connectivity index (χ0n) is 40.8. The van der Waals surface area contributed by atoms with Crippen LogP contribution in [0.3, 0.4) is 0 Å². The molecule has 0 heterocycles. The smallest absolute Gasteiger partial charge is 0.343 e. The zero-order chi connectivity index (χ0) is 53.0. The molecule has 10 rings (SSSR count). The summed E-state index contributed by atoms with van der Waals surface area (Å²) in [6, 6.07) is 54.2. The molecule has 0 fully saturated rings. The standard InChI is InChI=1S/C64H42O12/c1-37(2)59(65)73-51-29-21-43-33-47(15-13-45(43)35-51)63(69)71-49-25-17-41(18-26-49)61(67)75-55-31-23-39-9-5-7-11-53(39)57(55)58-54-12-8-6-10-40(54)24-32-56(58)76-62(68)42-19-27-50(28-20-42)72-64(70)48-16-14-46-36-52(30-22-44(46)34-48)74-60(66)38(3)4/h5-36H,1,3H2,2,4H3. The average molecular weight is 1000 g/mol. The van der Waals surface area contributed by atoms with Gasteiger partial charge in [-0.1, -0.05) is 98.1 Å². The van der Waals surface area contributed by atoms with E-state index in [-0.39, 0.29) is 56.4 Å². The SMILES string of the molecule is C=C(C)C(=O)Oc1ccc2cc(C(=O)Oc3ccc(C(=O)Oc4ccc5ccccc5c4-c4c(OC(=O)c5ccc(OC(=O)c6ccc7cc(OC(=O)C(=C)C)ccc7c6)cc5)ccc5ccccc45)cc3)ccc2c1. The van der Waals surface area contributed by atoms with E-state index in [1.807, 2.05) is 60.7 Å². The lowest BCUT2D eigenvalue weighted by molar-refractivity contribution is -0.130. The van der Waals surface area contributed by atoms with Gasteiger partial charge in [-0.05, 0) is 166 Å². The molecule has 0 bridgehead atoms. The Balaban J connectivity index is 0.864. The van der Waals surface area contributed by atoms with Crippen molar-refractivity contribution in [1.29, 1.82) is 0 Å². The van der Waals surface area contributed by atoms with Gasteiger partial charge in [-0.3, -0.25) is 0 Å². The van der Waals surface area contributed by atoms with Crippen molar-refractivity contribution in [3.05, 3.63) is 241 Å². The fourth-order valence-corrected chi connectivity index (χ4v) is 8.37. The number of benzene rings is 10. The van der Waals surface area contributed by atoms with Crippen molar-refractivity contribution in [2.45, 2.75) is 13.8 Å². The second-order valence-electron chi connectivity index (χ2n) is 17.7. The van der Waals surface area contributed by atoms with Crippen molar-refractivity contribution in [2.24, 2.45) is 0 Å². The molecule has 12 heteroatoms. The Morgan fingerprint density at radius 1 is 0.303 bits per heavy atom. The molecular weight excluding hydrogens is 961 g/mol. The first kappa shape index (κ1) is 49.1. The summed E-state index contributed by atoms with van der Waals surface area (Å²) in [5.74, 6) is -2.27. The molecule has 0 spiro atoms. The molecule has 12 nitrogen and oxygen atoms in total. The number of esters is 6. The quantitative estimate of drug-likeness (QED) is 0.0612. The number of carbonyl (C=O) groups is 6. The monoisotopic (exact) mass is 1000 g/mol. The summed E-state index contributed by atoms with van der Waals surface area (Å²) < 4.78 is 34.4. The number of ether oxygens (including phenoxy) is 6. The highest BCUT2D eigenvalue weighted by molar-refractivity contribution is 6.11. The molecule has 0 aromatic heterocycles. The Hall–Kier alpha value is -10.5. The molecule has 370 valence electrons. The van der Waals surface area contributed by atoms with Crippen LogP contribution < -0.4 is 28.4 Å². The number of hydrogen-bond donors (Lipinski definition) is 0. The summed E-state index contributed by atoms with van der Waals surface area (Å²) in [6.45, 7) is 10.3. The summed E-state index contributed by atoms with van der Waals surface area (Å²) in [7, 11) is 0. The van der Waals surface area contributed by atoms with Crippen LogP contribution in [-0.2, 0) is 9.59 Å². The van der Waals surface area contributed by atoms with Crippen LogP contribution in [0, 0.1) is 0 Å². The van der Waals surface area contributed by atoms with Crippen LogP contribution in [0.1, 0.15) is 55.3 Å². The van der Waals surface area contributed by atoms with E-state index in [0.717, 1.165) is 43.1 Å². The molecule has 0 aliphatic rings. The molecule has 0 radical (unpaired) electrons. The first-order valence-electron chi connectivity index (χ1n) is 23.7. The van der Waals surface area contributed by atoms with Gasteiger partial charge in [0.05, 0.1) is 22.3 Å². The van der Waals surface area contributed by atoms with E-state index in [1.54, 1.807) is 98.8 Å². The minimum Gasteiger partial charge on any atom is -0.423 e. The molecule has 0 saturated carbocycles. The highest BCUT2D eigenvalue weighted by atomic mass is 16.6. The van der Waals surface area contributed by atoms with E-state index < -0.39 is 35.8 Å². The summed E-state index contributed by atoms with van der Waals surface area (Å²) in [5, 5.41) is 6.03. The molecule has 0 saturated heterocycles. The number of fused-ring (bicyclic) bond motifs is 4. The molecule has 76 heavy (non-hydrogen) atoms. The van der Waals surface area contributed by atoms with Gasteiger partial charge < -0.3 is 28.4 Å². The van der Waals surface area contributed by atoms with E-state index in [4.69, 9.17) is 28.4 Å². The molecule has 0 atom stereocenters. The van der Waals surface area contributed by atoms with Gasteiger partial charge in [0.15, 0.2) is 0 Å². The highest BCUT2D eigenvalue weighted by Crippen LogP contribution is 2.46. The van der Waals surface area contributed by atoms with Crippen molar-refractivity contribution >= 4 is 78.9 Å². The third-order valence-corrected chi connectivity index (χ3v) is 12.3. The maximum atomic E-state index is 14.0. The normalized spacial score (nSPS) is 10.9. The van der Waals surface area contributed by atoms with Crippen molar-refractivity contribution in [3.8, 4) is 45.6 Å². The number of hydrogen-bond acceptors (Lipinski definition) is 12. The summed E-state index contributed by atoms with van der Waals surface area (Å²) in [4.78, 5) is 78.6. The molecule has 0 unspecified atom stereocenters. The minimum atomic E-state index is -0.699. The summed E-state index contributed by atoms with van der Waals surface area (Å²) >= 11 is 0. The van der Waals surface area contributed by atoms with Crippen LogP contribution in [0.5, 0.6) is 34.5 Å². The Bertz CT molecular complexity index is 3790. The third kappa shape index (κ3) is 10.5. The van der Waals surface area contributed by atoms with Gasteiger partial charge in [-0.25, -0.2) is 28.8 Å². The fraction of sp³-hybridized carbons (Fsp3) is 0.0312. The lowest BCUT2D eigenvalue weighted by atomic mass is 9.92. The van der Waals surface area contributed by atoms with E-state index in [0.29, 0.717) is 22.6 Å². The third-order valence-electron chi connectivity index (χ3n) is 12.3. The van der Waals surface area contributed by atoms with E-state index in [2.05, 4.69) is 13.2 Å². The maximum absolute atomic E-state index is 14.0. The Morgan fingerprint density at radius 3 is 1.01 bits per heavy atom. The van der Waals surface area contributed by atoms with Crippen LogP contribution in [0.15, 0.2) is 218 Å². The second-order valence-corrected chi connectivity index (χ2v) is 17.7. The molecule has 0 amide bonds. The average Bonchev–Trinajstić information content (AvgIpc) is 3.43. The van der Waals surface area contributed by atoms with Gasteiger partial charge in [-0.15, -0.1) is 0 Å². The Labute approximate surface area is 434 Å². The predicted octanol–water partition coefficient (Wildman–Crippen LogP) is 13.8. The second kappa shape index (κ2) is 20.9. The summed E-state index contributed by atoms with van der Waals surface area (Å²) in [6.07, 6.45) is 0. The lowest BCUT2D eigenvalue weighted by Crippen LogP contribution is -2.12. The van der Waals surface area contributed by atoms with Gasteiger partial charge in [0.1, 0.15) is 34.5 Å². The van der Waals surface area contributed by atoms with E-state index >= 15 is 0 Å². The molecule has 0 aliphatic carbocycles. The summed E-state index contributed by atoms with van der Waals surface area (Å²) in [5.41, 5.74) is 2.44. The highest BCUT2D eigenvalue weighted by Gasteiger charge is 2.24. The van der Waals surface area contributed by atoms with Crippen molar-refractivity contribution in [1.82, 2.24) is 0 Å².